The molecule has 5 nitrogen and oxygen atoms in total. The fraction of sp³-hybridized carbons (Fsp3) is 0.231. The van der Waals surface area contributed by atoms with Gasteiger partial charge in [0.15, 0.2) is 11.5 Å². The molecule has 0 spiro atoms. The maximum Gasteiger partial charge on any atom is 0.342 e. The lowest BCUT2D eigenvalue weighted by atomic mass is 10.2. The van der Waals surface area contributed by atoms with Gasteiger partial charge in [-0.2, -0.15) is 0 Å². The predicted octanol–water partition coefficient (Wildman–Crippen LogP) is 1.96. The van der Waals surface area contributed by atoms with E-state index in [1.54, 1.807) is 6.92 Å². The topological polar surface area (TPSA) is 61.8 Å². The highest BCUT2D eigenvalue weighted by atomic mass is 16.6. The predicted molar refractivity (Wildman–Crippen MR) is 64.8 cm³/mol. The van der Waals surface area contributed by atoms with Gasteiger partial charge in [-0.15, -0.1) is 0 Å². The molecule has 0 heterocycles. The SMILES string of the molecule is CO/C=C(\C)C(=O)Oc1ccc(C=O)cc1OC. The van der Waals surface area contributed by atoms with E-state index in [1.165, 1.54) is 38.7 Å². The van der Waals surface area contributed by atoms with Crippen molar-refractivity contribution in [3.63, 3.8) is 0 Å². The number of hydrogen-bond acceptors (Lipinski definition) is 5. The molecule has 0 bridgehead atoms. The summed E-state index contributed by atoms with van der Waals surface area (Å²) >= 11 is 0. The summed E-state index contributed by atoms with van der Waals surface area (Å²) < 4.78 is 14.9. The van der Waals surface area contributed by atoms with Crippen molar-refractivity contribution in [1.29, 1.82) is 0 Å². The van der Waals surface area contributed by atoms with Crippen molar-refractivity contribution in [2.45, 2.75) is 6.92 Å². The van der Waals surface area contributed by atoms with Crippen LogP contribution in [0, 0.1) is 0 Å². The van der Waals surface area contributed by atoms with Gasteiger partial charge in [0.1, 0.15) is 6.29 Å². The number of carbonyl (C=O) groups excluding carboxylic acids is 2. The molecule has 1 aromatic carbocycles. The summed E-state index contributed by atoms with van der Waals surface area (Å²) in [6, 6.07) is 4.53. The standard InChI is InChI=1S/C13H14O5/c1-9(8-16-2)13(15)18-11-5-4-10(7-14)6-12(11)17-3/h4-8H,1-3H3/b9-8+. The third-order valence-corrected chi connectivity index (χ3v) is 2.14. The first-order valence-corrected chi connectivity index (χ1v) is 5.17. The minimum atomic E-state index is -0.547. The Morgan fingerprint density at radius 1 is 1.22 bits per heavy atom. The van der Waals surface area contributed by atoms with Crippen LogP contribution in [0.3, 0.4) is 0 Å². The Kier molecular flexibility index (Phi) is 4.92. The zero-order chi connectivity index (χ0) is 13.5. The number of hydrogen-bond donors (Lipinski definition) is 0. The molecule has 0 N–H and O–H groups in total. The Bertz CT molecular complexity index is 476. The number of rotatable bonds is 5. The first kappa shape index (κ1) is 13.8. The second kappa shape index (κ2) is 6.44. The molecular weight excluding hydrogens is 236 g/mol. The van der Waals surface area contributed by atoms with E-state index >= 15 is 0 Å². The van der Waals surface area contributed by atoms with Crippen molar-refractivity contribution in [1.82, 2.24) is 0 Å². The minimum Gasteiger partial charge on any atom is -0.504 e. The number of esters is 1. The normalized spacial score (nSPS) is 10.7. The first-order valence-electron chi connectivity index (χ1n) is 5.17. The molecule has 0 aliphatic carbocycles. The van der Waals surface area contributed by atoms with Crippen LogP contribution >= 0.6 is 0 Å². The Morgan fingerprint density at radius 3 is 2.50 bits per heavy atom. The van der Waals surface area contributed by atoms with Crippen molar-refractivity contribution in [2.24, 2.45) is 0 Å². The van der Waals surface area contributed by atoms with Crippen LogP contribution in [0.15, 0.2) is 30.0 Å². The van der Waals surface area contributed by atoms with Crippen LogP contribution in [0.1, 0.15) is 17.3 Å². The van der Waals surface area contributed by atoms with Gasteiger partial charge in [0.05, 0.1) is 26.1 Å². The van der Waals surface area contributed by atoms with Crippen molar-refractivity contribution in [2.75, 3.05) is 14.2 Å². The number of ether oxygens (including phenoxy) is 3. The van der Waals surface area contributed by atoms with Crippen LogP contribution in [0.2, 0.25) is 0 Å². The molecule has 0 unspecified atom stereocenters. The van der Waals surface area contributed by atoms with Gasteiger partial charge in [0, 0.05) is 5.56 Å². The maximum absolute atomic E-state index is 11.6. The van der Waals surface area contributed by atoms with E-state index in [4.69, 9.17) is 14.2 Å². The fourth-order valence-electron chi connectivity index (χ4n) is 1.25. The largest absolute Gasteiger partial charge is 0.504 e. The van der Waals surface area contributed by atoms with Crippen LogP contribution in [0.4, 0.5) is 0 Å². The maximum atomic E-state index is 11.6. The quantitative estimate of drug-likeness (QED) is 0.263. The smallest absolute Gasteiger partial charge is 0.342 e. The Labute approximate surface area is 105 Å². The van der Waals surface area contributed by atoms with E-state index < -0.39 is 5.97 Å². The first-order chi connectivity index (χ1) is 8.62. The van der Waals surface area contributed by atoms with E-state index in [0.29, 0.717) is 23.2 Å². The molecule has 18 heavy (non-hydrogen) atoms. The molecule has 1 aromatic rings. The van der Waals surface area contributed by atoms with Crippen molar-refractivity contribution >= 4 is 12.3 Å². The van der Waals surface area contributed by atoms with E-state index in [-0.39, 0.29) is 5.75 Å². The lowest BCUT2D eigenvalue weighted by Gasteiger charge is -2.09. The van der Waals surface area contributed by atoms with Crippen LogP contribution in [0.25, 0.3) is 0 Å². The third-order valence-electron chi connectivity index (χ3n) is 2.14. The summed E-state index contributed by atoms with van der Waals surface area (Å²) in [6.07, 6.45) is 1.97. The van der Waals surface area contributed by atoms with E-state index in [1.807, 2.05) is 0 Å². The number of aldehydes is 1. The van der Waals surface area contributed by atoms with Crippen LogP contribution in [-0.2, 0) is 9.53 Å². The number of methoxy groups -OCH3 is 2. The van der Waals surface area contributed by atoms with Crippen LogP contribution in [0.5, 0.6) is 11.5 Å². The summed E-state index contributed by atoms with van der Waals surface area (Å²) in [4.78, 5) is 22.2. The van der Waals surface area contributed by atoms with Gasteiger partial charge in [-0.3, -0.25) is 4.79 Å². The third kappa shape index (κ3) is 3.35. The monoisotopic (exact) mass is 250 g/mol. The Morgan fingerprint density at radius 2 is 1.94 bits per heavy atom. The molecule has 0 aliphatic rings. The van der Waals surface area contributed by atoms with Gasteiger partial charge in [-0.25, -0.2) is 4.79 Å². The minimum absolute atomic E-state index is 0.247. The fourth-order valence-corrected chi connectivity index (χ4v) is 1.25. The molecule has 5 heteroatoms. The van der Waals surface area contributed by atoms with Gasteiger partial charge in [0.2, 0.25) is 0 Å². The Hall–Kier alpha value is -2.30. The van der Waals surface area contributed by atoms with Gasteiger partial charge in [0.25, 0.3) is 0 Å². The molecular formula is C13H14O5. The highest BCUT2D eigenvalue weighted by Gasteiger charge is 2.12. The summed E-state index contributed by atoms with van der Waals surface area (Å²) in [6.45, 7) is 1.57. The second-order valence-corrected chi connectivity index (χ2v) is 3.45. The lowest BCUT2D eigenvalue weighted by Crippen LogP contribution is -2.10. The zero-order valence-electron chi connectivity index (χ0n) is 10.4. The molecule has 0 saturated carbocycles. The zero-order valence-corrected chi connectivity index (χ0v) is 10.4. The van der Waals surface area contributed by atoms with Gasteiger partial charge in [-0.1, -0.05) is 0 Å². The molecule has 0 atom stereocenters. The highest BCUT2D eigenvalue weighted by Crippen LogP contribution is 2.28. The summed E-state index contributed by atoms with van der Waals surface area (Å²) in [5.74, 6) is 0.0177. The lowest BCUT2D eigenvalue weighted by molar-refractivity contribution is -0.130. The molecule has 0 aliphatic heterocycles. The molecule has 0 saturated heterocycles. The van der Waals surface area contributed by atoms with E-state index in [9.17, 15) is 9.59 Å². The number of benzene rings is 1. The average Bonchev–Trinajstić information content (AvgIpc) is 2.39. The molecule has 96 valence electrons. The van der Waals surface area contributed by atoms with E-state index in [0.717, 1.165) is 0 Å². The number of carbonyl (C=O) groups is 2. The molecule has 0 radical (unpaired) electrons. The summed E-state index contributed by atoms with van der Waals surface area (Å²) in [7, 11) is 2.87. The van der Waals surface area contributed by atoms with E-state index in [2.05, 4.69) is 0 Å². The van der Waals surface area contributed by atoms with Crippen LogP contribution in [-0.4, -0.2) is 26.5 Å². The summed E-state index contributed by atoms with van der Waals surface area (Å²) in [5, 5.41) is 0. The Balaban J connectivity index is 2.94. The molecule has 1 rings (SSSR count). The highest BCUT2D eigenvalue weighted by molar-refractivity contribution is 5.89. The second-order valence-electron chi connectivity index (χ2n) is 3.45. The molecule has 0 amide bonds. The van der Waals surface area contributed by atoms with Gasteiger partial charge < -0.3 is 14.2 Å². The van der Waals surface area contributed by atoms with Gasteiger partial charge >= 0.3 is 5.97 Å². The average molecular weight is 250 g/mol. The molecule has 0 fully saturated rings. The van der Waals surface area contributed by atoms with Gasteiger partial charge in [-0.05, 0) is 25.1 Å². The van der Waals surface area contributed by atoms with Crippen molar-refractivity contribution < 1.29 is 23.8 Å². The van der Waals surface area contributed by atoms with Crippen molar-refractivity contribution in [3.05, 3.63) is 35.6 Å². The molecule has 0 aromatic heterocycles. The van der Waals surface area contributed by atoms with Crippen molar-refractivity contribution in [3.8, 4) is 11.5 Å². The summed E-state index contributed by atoms with van der Waals surface area (Å²) in [5.41, 5.74) is 0.759. The van der Waals surface area contributed by atoms with Crippen LogP contribution < -0.4 is 9.47 Å².